The molecule has 1 heterocycles. The van der Waals surface area contributed by atoms with Gasteiger partial charge < -0.3 is 4.74 Å². The summed E-state index contributed by atoms with van der Waals surface area (Å²) in [6, 6.07) is 3.31. The SMILES string of the molecule is CCOC(=O)c1cccnc1SN. The number of nitrogens with two attached hydrogens (primary N) is 1. The Kier molecular flexibility index (Phi) is 3.72. The number of hydrogen-bond acceptors (Lipinski definition) is 5. The van der Waals surface area contributed by atoms with E-state index in [1.807, 2.05) is 0 Å². The van der Waals surface area contributed by atoms with Crippen LogP contribution in [0.1, 0.15) is 17.3 Å². The highest BCUT2D eigenvalue weighted by Crippen LogP contribution is 2.15. The first-order valence-corrected chi connectivity index (χ1v) is 4.66. The van der Waals surface area contributed by atoms with Gasteiger partial charge in [0.25, 0.3) is 0 Å². The van der Waals surface area contributed by atoms with E-state index in [0.29, 0.717) is 17.2 Å². The van der Waals surface area contributed by atoms with Crippen molar-refractivity contribution in [2.75, 3.05) is 6.61 Å². The molecule has 5 heteroatoms. The van der Waals surface area contributed by atoms with Gasteiger partial charge in [0.2, 0.25) is 0 Å². The van der Waals surface area contributed by atoms with Crippen molar-refractivity contribution in [3.63, 3.8) is 0 Å². The number of pyridine rings is 1. The van der Waals surface area contributed by atoms with E-state index in [1.165, 1.54) is 0 Å². The molecule has 0 aliphatic heterocycles. The number of carbonyl (C=O) groups is 1. The van der Waals surface area contributed by atoms with Crippen LogP contribution in [0.4, 0.5) is 0 Å². The number of nitrogens with zero attached hydrogens (tertiary/aromatic N) is 1. The van der Waals surface area contributed by atoms with Gasteiger partial charge in [0.15, 0.2) is 0 Å². The Morgan fingerprint density at radius 2 is 2.54 bits per heavy atom. The van der Waals surface area contributed by atoms with Crippen molar-refractivity contribution in [2.45, 2.75) is 11.9 Å². The molecule has 0 spiro atoms. The molecule has 13 heavy (non-hydrogen) atoms. The molecule has 0 aliphatic carbocycles. The smallest absolute Gasteiger partial charge is 0.340 e. The normalized spacial score (nSPS) is 9.69. The van der Waals surface area contributed by atoms with E-state index in [-0.39, 0.29) is 5.97 Å². The van der Waals surface area contributed by atoms with Crippen molar-refractivity contribution in [3.05, 3.63) is 23.9 Å². The Morgan fingerprint density at radius 1 is 1.77 bits per heavy atom. The molecular weight excluding hydrogens is 188 g/mol. The van der Waals surface area contributed by atoms with Gasteiger partial charge >= 0.3 is 5.97 Å². The van der Waals surface area contributed by atoms with Gasteiger partial charge in [-0.05, 0) is 31.0 Å². The zero-order valence-electron chi connectivity index (χ0n) is 7.19. The topological polar surface area (TPSA) is 65.2 Å². The molecule has 4 nitrogen and oxygen atoms in total. The molecule has 0 saturated heterocycles. The van der Waals surface area contributed by atoms with Gasteiger partial charge in [0.05, 0.1) is 12.2 Å². The van der Waals surface area contributed by atoms with Crippen LogP contribution in [0.15, 0.2) is 23.4 Å². The third-order valence-electron chi connectivity index (χ3n) is 1.38. The molecule has 0 amide bonds. The Labute approximate surface area is 80.6 Å². The molecule has 0 aromatic carbocycles. The van der Waals surface area contributed by atoms with E-state index in [9.17, 15) is 4.79 Å². The van der Waals surface area contributed by atoms with Crippen molar-refractivity contribution in [1.29, 1.82) is 0 Å². The van der Waals surface area contributed by atoms with Gasteiger partial charge in [0, 0.05) is 6.20 Å². The van der Waals surface area contributed by atoms with Crippen molar-refractivity contribution in [2.24, 2.45) is 5.14 Å². The van der Waals surface area contributed by atoms with Crippen LogP contribution in [0.2, 0.25) is 0 Å². The molecule has 0 radical (unpaired) electrons. The molecule has 0 bridgehead atoms. The van der Waals surface area contributed by atoms with Crippen LogP contribution in [0.3, 0.4) is 0 Å². The first-order valence-electron chi connectivity index (χ1n) is 3.78. The van der Waals surface area contributed by atoms with E-state index in [4.69, 9.17) is 9.88 Å². The zero-order chi connectivity index (χ0) is 9.68. The lowest BCUT2D eigenvalue weighted by Gasteiger charge is -2.03. The first-order chi connectivity index (χ1) is 6.29. The summed E-state index contributed by atoms with van der Waals surface area (Å²) in [5.41, 5.74) is 0.414. The highest BCUT2D eigenvalue weighted by molar-refractivity contribution is 7.97. The summed E-state index contributed by atoms with van der Waals surface area (Å²) in [6.07, 6.45) is 1.58. The number of carbonyl (C=O) groups excluding carboxylic acids is 1. The van der Waals surface area contributed by atoms with Gasteiger partial charge in [-0.3, -0.25) is 5.14 Å². The lowest BCUT2D eigenvalue weighted by atomic mass is 10.3. The number of ether oxygens (including phenoxy) is 1. The van der Waals surface area contributed by atoms with Crippen molar-refractivity contribution < 1.29 is 9.53 Å². The maximum Gasteiger partial charge on any atom is 0.340 e. The third-order valence-corrected chi connectivity index (χ3v) is 1.93. The fraction of sp³-hybridized carbons (Fsp3) is 0.250. The van der Waals surface area contributed by atoms with Gasteiger partial charge in [-0.1, -0.05) is 0 Å². The molecule has 0 unspecified atom stereocenters. The monoisotopic (exact) mass is 198 g/mol. The molecule has 1 rings (SSSR count). The standard InChI is InChI=1S/C8H10N2O2S/c1-2-12-8(11)6-4-3-5-10-7(6)13-9/h3-5H,2,9H2,1H3. The van der Waals surface area contributed by atoms with Gasteiger partial charge in [-0.15, -0.1) is 0 Å². The minimum atomic E-state index is -0.386. The quantitative estimate of drug-likeness (QED) is 0.584. The molecule has 1 aromatic rings. The Hall–Kier alpha value is -1.07. The summed E-state index contributed by atoms with van der Waals surface area (Å²) in [5, 5.41) is 5.82. The van der Waals surface area contributed by atoms with Crippen LogP contribution >= 0.6 is 11.9 Å². The average molecular weight is 198 g/mol. The molecule has 0 atom stereocenters. The van der Waals surface area contributed by atoms with Crippen LogP contribution in [0.5, 0.6) is 0 Å². The summed E-state index contributed by atoms with van der Waals surface area (Å²) in [6.45, 7) is 2.10. The van der Waals surface area contributed by atoms with E-state index in [2.05, 4.69) is 4.98 Å². The van der Waals surface area contributed by atoms with E-state index < -0.39 is 0 Å². The molecule has 0 saturated carbocycles. The van der Waals surface area contributed by atoms with Gasteiger partial charge in [-0.2, -0.15) is 0 Å². The largest absolute Gasteiger partial charge is 0.462 e. The van der Waals surface area contributed by atoms with Gasteiger partial charge in [0.1, 0.15) is 5.03 Å². The minimum Gasteiger partial charge on any atom is -0.462 e. The second-order valence-electron chi connectivity index (χ2n) is 2.19. The Bertz CT molecular complexity index is 304. The van der Waals surface area contributed by atoms with E-state index >= 15 is 0 Å². The highest BCUT2D eigenvalue weighted by Gasteiger charge is 2.11. The van der Waals surface area contributed by atoms with Crippen LogP contribution < -0.4 is 5.14 Å². The highest BCUT2D eigenvalue weighted by atomic mass is 32.2. The van der Waals surface area contributed by atoms with Crippen molar-refractivity contribution >= 4 is 17.9 Å². The number of esters is 1. The Balaban J connectivity index is 2.92. The van der Waals surface area contributed by atoms with Gasteiger partial charge in [-0.25, -0.2) is 9.78 Å². The zero-order valence-corrected chi connectivity index (χ0v) is 8.00. The minimum absolute atomic E-state index is 0.350. The summed E-state index contributed by atoms with van der Waals surface area (Å²) in [4.78, 5) is 15.2. The number of hydrogen-bond donors (Lipinski definition) is 1. The third kappa shape index (κ3) is 2.43. The second kappa shape index (κ2) is 4.84. The maximum atomic E-state index is 11.3. The average Bonchev–Trinajstić information content (AvgIpc) is 2.18. The van der Waals surface area contributed by atoms with E-state index in [1.54, 1.807) is 25.3 Å². The second-order valence-corrected chi connectivity index (χ2v) is 2.82. The van der Waals surface area contributed by atoms with Crippen LogP contribution in [0.25, 0.3) is 0 Å². The fourth-order valence-corrected chi connectivity index (χ4v) is 1.25. The number of aromatic nitrogens is 1. The lowest BCUT2D eigenvalue weighted by Crippen LogP contribution is -2.07. The molecule has 2 N–H and O–H groups in total. The first kappa shape index (κ1) is 10.0. The van der Waals surface area contributed by atoms with Crippen LogP contribution in [-0.2, 0) is 4.74 Å². The van der Waals surface area contributed by atoms with Crippen molar-refractivity contribution in [1.82, 2.24) is 4.98 Å². The molecule has 1 aromatic heterocycles. The molecular formula is C8H10N2O2S. The molecule has 70 valence electrons. The molecule has 0 aliphatic rings. The Morgan fingerprint density at radius 3 is 3.15 bits per heavy atom. The summed E-state index contributed by atoms with van der Waals surface area (Å²) in [5.74, 6) is -0.386. The van der Waals surface area contributed by atoms with E-state index in [0.717, 1.165) is 11.9 Å². The summed E-state index contributed by atoms with van der Waals surface area (Å²) < 4.78 is 4.82. The lowest BCUT2D eigenvalue weighted by molar-refractivity contribution is 0.0521. The van der Waals surface area contributed by atoms with Crippen LogP contribution in [-0.4, -0.2) is 17.6 Å². The summed E-state index contributed by atoms with van der Waals surface area (Å²) >= 11 is 0.938. The predicted octanol–water partition coefficient (Wildman–Crippen LogP) is 1.22. The summed E-state index contributed by atoms with van der Waals surface area (Å²) in [7, 11) is 0. The number of rotatable bonds is 3. The fourth-order valence-electron chi connectivity index (χ4n) is 0.849. The maximum absolute atomic E-state index is 11.3. The van der Waals surface area contributed by atoms with Crippen LogP contribution in [0, 0.1) is 0 Å². The molecule has 0 fully saturated rings. The predicted molar refractivity (Wildman–Crippen MR) is 50.2 cm³/mol. The van der Waals surface area contributed by atoms with Crippen molar-refractivity contribution in [3.8, 4) is 0 Å².